The van der Waals surface area contributed by atoms with E-state index in [-0.39, 0.29) is 23.1 Å². The molecular weight excluding hydrogens is 374 g/mol. The highest BCUT2D eigenvalue weighted by Crippen LogP contribution is 2.25. The van der Waals surface area contributed by atoms with Crippen LogP contribution in [0.25, 0.3) is 0 Å². The highest BCUT2D eigenvalue weighted by atomic mass is 32.2. The van der Waals surface area contributed by atoms with Gasteiger partial charge in [-0.25, -0.2) is 0 Å². The molecule has 1 heterocycles. The van der Waals surface area contributed by atoms with Crippen LogP contribution < -0.4 is 0 Å². The van der Waals surface area contributed by atoms with Crippen LogP contribution in [0.5, 0.6) is 5.75 Å². The standard InChI is InChI=1S/C19H18F2N2O3S/c20-19(21)27-14-7-5-13(6-8-14)17(25)22-9-11-23(12-10-22)18(26)15-3-1-2-4-16(15)24/h1-8,19,24H,9-12H2. The van der Waals surface area contributed by atoms with E-state index in [2.05, 4.69) is 0 Å². The Labute approximate surface area is 159 Å². The molecule has 1 fully saturated rings. The molecule has 0 spiro atoms. The summed E-state index contributed by atoms with van der Waals surface area (Å²) in [6.07, 6.45) is 0. The van der Waals surface area contributed by atoms with Gasteiger partial charge in [0.15, 0.2) is 0 Å². The number of para-hydroxylation sites is 1. The van der Waals surface area contributed by atoms with Gasteiger partial charge in [0.05, 0.1) is 5.56 Å². The number of nitrogens with zero attached hydrogens (tertiary/aromatic N) is 2. The number of thioether (sulfide) groups is 1. The molecule has 0 aliphatic carbocycles. The van der Waals surface area contributed by atoms with Crippen molar-refractivity contribution in [3.8, 4) is 5.75 Å². The zero-order valence-corrected chi connectivity index (χ0v) is 15.2. The molecule has 1 N–H and O–H groups in total. The van der Waals surface area contributed by atoms with Gasteiger partial charge in [-0.05, 0) is 36.4 Å². The summed E-state index contributed by atoms with van der Waals surface area (Å²) in [6, 6.07) is 12.4. The minimum Gasteiger partial charge on any atom is -0.507 e. The molecule has 27 heavy (non-hydrogen) atoms. The Morgan fingerprint density at radius 3 is 2.00 bits per heavy atom. The van der Waals surface area contributed by atoms with Gasteiger partial charge in [0.1, 0.15) is 5.75 Å². The van der Waals surface area contributed by atoms with E-state index < -0.39 is 5.76 Å². The lowest BCUT2D eigenvalue weighted by Gasteiger charge is -2.35. The number of phenols is 1. The first-order chi connectivity index (χ1) is 13.0. The summed E-state index contributed by atoms with van der Waals surface area (Å²) < 4.78 is 24.7. The zero-order chi connectivity index (χ0) is 19.4. The van der Waals surface area contributed by atoms with Crippen LogP contribution in [0.2, 0.25) is 0 Å². The largest absolute Gasteiger partial charge is 0.507 e. The second-order valence-electron chi connectivity index (χ2n) is 6.00. The SMILES string of the molecule is O=C(c1ccc(SC(F)F)cc1)N1CCN(C(=O)c2ccccc2O)CC1. The first kappa shape index (κ1) is 19.2. The van der Waals surface area contributed by atoms with Crippen molar-refractivity contribution in [3.63, 3.8) is 0 Å². The second-order valence-corrected chi connectivity index (χ2v) is 7.07. The number of amides is 2. The number of carbonyl (C=O) groups is 2. The van der Waals surface area contributed by atoms with Crippen molar-refractivity contribution < 1.29 is 23.5 Å². The predicted molar refractivity (Wildman–Crippen MR) is 98.2 cm³/mol. The maximum atomic E-state index is 12.6. The predicted octanol–water partition coefficient (Wildman–Crippen LogP) is 3.31. The number of carbonyl (C=O) groups excluding carboxylic acids is 2. The van der Waals surface area contributed by atoms with Crippen LogP contribution in [0.3, 0.4) is 0 Å². The van der Waals surface area contributed by atoms with Gasteiger partial charge in [0, 0.05) is 36.6 Å². The number of alkyl halides is 2. The fraction of sp³-hybridized carbons (Fsp3) is 0.263. The molecule has 0 radical (unpaired) electrons. The Morgan fingerprint density at radius 2 is 1.44 bits per heavy atom. The molecule has 1 aliphatic heterocycles. The monoisotopic (exact) mass is 392 g/mol. The van der Waals surface area contributed by atoms with E-state index >= 15 is 0 Å². The van der Waals surface area contributed by atoms with Crippen molar-refractivity contribution in [3.05, 3.63) is 59.7 Å². The highest BCUT2D eigenvalue weighted by Gasteiger charge is 2.26. The molecule has 2 amide bonds. The van der Waals surface area contributed by atoms with Gasteiger partial charge >= 0.3 is 0 Å². The van der Waals surface area contributed by atoms with Crippen molar-refractivity contribution in [2.45, 2.75) is 10.7 Å². The van der Waals surface area contributed by atoms with Gasteiger partial charge in [0.2, 0.25) is 0 Å². The number of rotatable bonds is 4. The lowest BCUT2D eigenvalue weighted by molar-refractivity contribution is 0.0533. The first-order valence-electron chi connectivity index (χ1n) is 8.37. The summed E-state index contributed by atoms with van der Waals surface area (Å²) in [4.78, 5) is 28.7. The van der Waals surface area contributed by atoms with E-state index in [0.717, 1.165) is 0 Å². The zero-order valence-electron chi connectivity index (χ0n) is 14.3. The van der Waals surface area contributed by atoms with Crippen molar-refractivity contribution >= 4 is 23.6 Å². The van der Waals surface area contributed by atoms with Crippen molar-refractivity contribution in [1.29, 1.82) is 0 Å². The van der Waals surface area contributed by atoms with Crippen LogP contribution >= 0.6 is 11.8 Å². The lowest BCUT2D eigenvalue weighted by Crippen LogP contribution is -2.50. The number of hydrogen-bond donors (Lipinski definition) is 1. The highest BCUT2D eigenvalue weighted by molar-refractivity contribution is 7.99. The molecule has 8 heteroatoms. The Balaban J connectivity index is 1.59. The minimum absolute atomic E-state index is 0.0669. The van der Waals surface area contributed by atoms with Gasteiger partial charge < -0.3 is 14.9 Å². The van der Waals surface area contributed by atoms with Crippen LogP contribution in [0.15, 0.2) is 53.4 Å². The van der Waals surface area contributed by atoms with Crippen LogP contribution in [0.4, 0.5) is 8.78 Å². The molecule has 3 rings (SSSR count). The maximum absolute atomic E-state index is 12.6. The Bertz CT molecular complexity index is 822. The maximum Gasteiger partial charge on any atom is 0.288 e. The molecule has 0 unspecified atom stereocenters. The number of phenolic OH excluding ortho intramolecular Hbond substituents is 1. The summed E-state index contributed by atoms with van der Waals surface area (Å²) in [6.45, 7) is 1.45. The van der Waals surface area contributed by atoms with Gasteiger partial charge in [-0.3, -0.25) is 9.59 Å². The second kappa shape index (κ2) is 8.39. The fourth-order valence-corrected chi connectivity index (χ4v) is 3.40. The third-order valence-electron chi connectivity index (χ3n) is 4.31. The molecule has 1 saturated heterocycles. The average molecular weight is 392 g/mol. The number of piperazine rings is 1. The lowest BCUT2D eigenvalue weighted by atomic mass is 10.1. The molecule has 0 bridgehead atoms. The summed E-state index contributed by atoms with van der Waals surface area (Å²) in [7, 11) is 0. The minimum atomic E-state index is -2.50. The third-order valence-corrected chi connectivity index (χ3v) is 5.04. The van der Waals surface area contributed by atoms with Gasteiger partial charge in [-0.2, -0.15) is 8.78 Å². The quantitative estimate of drug-likeness (QED) is 0.811. The van der Waals surface area contributed by atoms with Crippen LogP contribution in [-0.2, 0) is 0 Å². The number of benzene rings is 2. The summed E-state index contributed by atoms with van der Waals surface area (Å²) >= 11 is 0.434. The molecular formula is C19H18F2N2O3S. The molecule has 1 aliphatic rings. The summed E-state index contributed by atoms with van der Waals surface area (Å²) in [5.41, 5.74) is 0.665. The third kappa shape index (κ3) is 4.57. The Kier molecular flexibility index (Phi) is 5.95. The molecule has 0 atom stereocenters. The van der Waals surface area contributed by atoms with E-state index in [4.69, 9.17) is 0 Å². The number of halogens is 2. The molecule has 142 valence electrons. The molecule has 0 aromatic heterocycles. The van der Waals surface area contributed by atoms with E-state index in [1.807, 2.05) is 0 Å². The Morgan fingerprint density at radius 1 is 0.889 bits per heavy atom. The van der Waals surface area contributed by atoms with Crippen LogP contribution in [0.1, 0.15) is 20.7 Å². The van der Waals surface area contributed by atoms with Gasteiger partial charge in [-0.1, -0.05) is 23.9 Å². The van der Waals surface area contributed by atoms with E-state index in [1.54, 1.807) is 28.0 Å². The van der Waals surface area contributed by atoms with Crippen LogP contribution in [-0.4, -0.2) is 58.7 Å². The van der Waals surface area contributed by atoms with Gasteiger partial charge in [-0.15, -0.1) is 0 Å². The first-order valence-corrected chi connectivity index (χ1v) is 9.25. The Hall–Kier alpha value is -2.61. The van der Waals surface area contributed by atoms with Crippen molar-refractivity contribution in [2.75, 3.05) is 26.2 Å². The summed E-state index contributed by atoms with van der Waals surface area (Å²) in [5, 5.41) is 9.82. The molecule has 5 nitrogen and oxygen atoms in total. The molecule has 2 aromatic rings. The topological polar surface area (TPSA) is 60.9 Å². The smallest absolute Gasteiger partial charge is 0.288 e. The molecule has 2 aromatic carbocycles. The fourth-order valence-electron chi connectivity index (χ4n) is 2.90. The van der Waals surface area contributed by atoms with Crippen molar-refractivity contribution in [2.24, 2.45) is 0 Å². The molecule has 0 saturated carbocycles. The van der Waals surface area contributed by atoms with Crippen molar-refractivity contribution in [1.82, 2.24) is 9.80 Å². The summed E-state index contributed by atoms with van der Waals surface area (Å²) in [5.74, 6) is -3.03. The van der Waals surface area contributed by atoms with Gasteiger partial charge in [0.25, 0.3) is 17.6 Å². The van der Waals surface area contributed by atoms with E-state index in [1.165, 1.54) is 30.3 Å². The van der Waals surface area contributed by atoms with E-state index in [9.17, 15) is 23.5 Å². The normalized spacial score (nSPS) is 14.5. The number of aromatic hydroxyl groups is 1. The average Bonchev–Trinajstić information content (AvgIpc) is 2.67. The number of hydrogen-bond acceptors (Lipinski definition) is 4. The van der Waals surface area contributed by atoms with Crippen LogP contribution in [0, 0.1) is 0 Å². The van der Waals surface area contributed by atoms with E-state index in [0.29, 0.717) is 48.4 Å².